The van der Waals surface area contributed by atoms with Gasteiger partial charge in [-0.1, -0.05) is 35.9 Å². The summed E-state index contributed by atoms with van der Waals surface area (Å²) in [6, 6.07) is 18.1. The third-order valence-corrected chi connectivity index (χ3v) is 5.68. The minimum absolute atomic E-state index is 0.101. The Balaban J connectivity index is 2.25. The summed E-state index contributed by atoms with van der Waals surface area (Å²) in [5.41, 5.74) is 2.37. The first-order valence-electron chi connectivity index (χ1n) is 10.6. The summed E-state index contributed by atoms with van der Waals surface area (Å²) in [6.07, 6.45) is 0. The van der Waals surface area contributed by atoms with Crippen LogP contribution in [-0.2, 0) is 4.74 Å². The number of rotatable bonds is 6. The maximum atomic E-state index is 13.7. The molecule has 0 bridgehead atoms. The highest BCUT2D eigenvalue weighted by Crippen LogP contribution is 2.43. The summed E-state index contributed by atoms with van der Waals surface area (Å²) >= 11 is 0. The number of carbonyl (C=O) groups excluding carboxylic acids is 1. The lowest BCUT2D eigenvalue weighted by molar-refractivity contribution is 0.0591. The first kappa shape index (κ1) is 22.9. The molecule has 0 unspecified atom stereocenters. The Bertz CT molecular complexity index is 1410. The van der Waals surface area contributed by atoms with Gasteiger partial charge in [-0.05, 0) is 48.2 Å². The highest BCUT2D eigenvalue weighted by atomic mass is 16.5. The van der Waals surface area contributed by atoms with Crippen LogP contribution >= 0.6 is 0 Å². The molecule has 34 heavy (non-hydrogen) atoms. The number of hydrogen-bond donors (Lipinski definition) is 0. The molecule has 0 spiro atoms. The highest BCUT2D eigenvalue weighted by Gasteiger charge is 2.27. The molecule has 0 aliphatic carbocycles. The Labute approximate surface area is 197 Å². The van der Waals surface area contributed by atoms with Gasteiger partial charge in [0.25, 0.3) is 5.56 Å². The Morgan fingerprint density at radius 3 is 2.00 bits per heavy atom. The van der Waals surface area contributed by atoms with Crippen LogP contribution in [0.5, 0.6) is 17.2 Å². The number of hydrogen-bond acceptors (Lipinski definition) is 6. The number of benzene rings is 3. The van der Waals surface area contributed by atoms with Gasteiger partial charge in [0, 0.05) is 16.6 Å². The zero-order chi connectivity index (χ0) is 24.4. The van der Waals surface area contributed by atoms with Crippen molar-refractivity contribution in [2.45, 2.75) is 6.92 Å². The fourth-order valence-electron chi connectivity index (χ4n) is 4.15. The number of aryl methyl sites for hydroxylation is 1. The van der Waals surface area contributed by atoms with Crippen LogP contribution in [0.2, 0.25) is 0 Å². The second kappa shape index (κ2) is 9.31. The van der Waals surface area contributed by atoms with Crippen LogP contribution < -0.4 is 19.8 Å². The van der Waals surface area contributed by atoms with E-state index in [0.29, 0.717) is 44.8 Å². The first-order valence-corrected chi connectivity index (χ1v) is 10.6. The fraction of sp³-hybridized carbons (Fsp3) is 0.185. The van der Waals surface area contributed by atoms with Crippen molar-refractivity contribution in [3.8, 4) is 34.1 Å². The van der Waals surface area contributed by atoms with E-state index < -0.39 is 5.97 Å². The lowest BCUT2D eigenvalue weighted by atomic mass is 9.94. The van der Waals surface area contributed by atoms with Crippen molar-refractivity contribution < 1.29 is 23.7 Å². The summed E-state index contributed by atoms with van der Waals surface area (Å²) < 4.78 is 23.1. The van der Waals surface area contributed by atoms with E-state index in [1.54, 1.807) is 24.3 Å². The van der Waals surface area contributed by atoms with Crippen LogP contribution in [0.3, 0.4) is 0 Å². The number of ether oxygens (including phenoxy) is 4. The minimum Gasteiger partial charge on any atom is -0.493 e. The molecule has 3 aromatic carbocycles. The second-order valence-corrected chi connectivity index (χ2v) is 7.65. The van der Waals surface area contributed by atoms with Crippen molar-refractivity contribution in [3.63, 3.8) is 0 Å². The maximum Gasteiger partial charge on any atom is 0.355 e. The van der Waals surface area contributed by atoms with E-state index in [1.807, 2.05) is 43.3 Å². The molecular weight excluding hydrogens is 434 g/mol. The number of aromatic nitrogens is 1. The standard InChI is InChI=1S/C27H25NO6/c1-16-11-12-19-20(13-16)26(29)28(18-9-7-6-8-10-18)24(27(30)34-5)23(19)17-14-21(31-2)25(33-4)22(15-17)32-3/h6-15H,1-5H3. The molecule has 0 radical (unpaired) electrons. The van der Waals surface area contributed by atoms with Crippen LogP contribution in [0.4, 0.5) is 0 Å². The van der Waals surface area contributed by atoms with E-state index in [9.17, 15) is 9.59 Å². The molecule has 0 aliphatic rings. The van der Waals surface area contributed by atoms with Crippen molar-refractivity contribution in [1.29, 1.82) is 0 Å². The van der Waals surface area contributed by atoms with Gasteiger partial charge in [0.05, 0.1) is 28.4 Å². The summed E-state index contributed by atoms with van der Waals surface area (Å²) in [7, 11) is 5.86. The lowest BCUT2D eigenvalue weighted by Gasteiger charge is -2.20. The van der Waals surface area contributed by atoms with Crippen molar-refractivity contribution in [1.82, 2.24) is 4.57 Å². The minimum atomic E-state index is -0.646. The van der Waals surface area contributed by atoms with Gasteiger partial charge in [-0.3, -0.25) is 9.36 Å². The van der Waals surface area contributed by atoms with Gasteiger partial charge in [-0.15, -0.1) is 0 Å². The molecule has 174 valence electrons. The molecule has 0 fully saturated rings. The molecule has 7 heteroatoms. The summed E-state index contributed by atoms with van der Waals surface area (Å²) in [5, 5.41) is 1.08. The zero-order valence-corrected chi connectivity index (χ0v) is 19.7. The first-order chi connectivity index (χ1) is 16.4. The number of nitrogens with zero attached hydrogens (tertiary/aromatic N) is 1. The Kier molecular flexibility index (Phi) is 6.27. The number of fused-ring (bicyclic) bond motifs is 1. The topological polar surface area (TPSA) is 76.0 Å². The molecule has 1 aromatic heterocycles. The molecule has 0 saturated heterocycles. The Morgan fingerprint density at radius 2 is 1.44 bits per heavy atom. The third kappa shape index (κ3) is 3.75. The number of pyridine rings is 1. The van der Waals surface area contributed by atoms with E-state index in [2.05, 4.69) is 0 Å². The van der Waals surface area contributed by atoms with Gasteiger partial charge in [-0.2, -0.15) is 0 Å². The second-order valence-electron chi connectivity index (χ2n) is 7.65. The number of para-hydroxylation sites is 1. The van der Waals surface area contributed by atoms with E-state index in [4.69, 9.17) is 18.9 Å². The number of esters is 1. The van der Waals surface area contributed by atoms with E-state index >= 15 is 0 Å². The molecule has 0 atom stereocenters. The molecule has 1 heterocycles. The van der Waals surface area contributed by atoms with E-state index in [-0.39, 0.29) is 11.3 Å². The molecule has 4 rings (SSSR count). The van der Waals surface area contributed by atoms with Crippen LogP contribution in [0.15, 0.2) is 65.5 Å². The van der Waals surface area contributed by atoms with Crippen molar-refractivity contribution in [3.05, 3.63) is 82.3 Å². The van der Waals surface area contributed by atoms with Crippen LogP contribution in [0.1, 0.15) is 16.1 Å². The SMILES string of the molecule is COC(=O)c1c(-c2cc(OC)c(OC)c(OC)c2)c2ccc(C)cc2c(=O)n1-c1ccccc1. The van der Waals surface area contributed by atoms with Crippen molar-refractivity contribution in [2.24, 2.45) is 0 Å². The smallest absolute Gasteiger partial charge is 0.355 e. The molecule has 4 aromatic rings. The average molecular weight is 459 g/mol. The van der Waals surface area contributed by atoms with E-state index in [0.717, 1.165) is 5.56 Å². The van der Waals surface area contributed by atoms with Crippen LogP contribution in [-0.4, -0.2) is 39.0 Å². The van der Waals surface area contributed by atoms with Gasteiger partial charge in [0.1, 0.15) is 5.69 Å². The van der Waals surface area contributed by atoms with Gasteiger partial charge in [0.2, 0.25) is 5.75 Å². The van der Waals surface area contributed by atoms with Crippen molar-refractivity contribution >= 4 is 16.7 Å². The predicted molar refractivity (Wildman–Crippen MR) is 131 cm³/mol. The Hall–Kier alpha value is -4.26. The van der Waals surface area contributed by atoms with E-state index in [1.165, 1.54) is 33.0 Å². The quantitative estimate of drug-likeness (QED) is 0.386. The molecule has 0 N–H and O–H groups in total. The van der Waals surface area contributed by atoms with Gasteiger partial charge >= 0.3 is 5.97 Å². The van der Waals surface area contributed by atoms with Crippen LogP contribution in [0.25, 0.3) is 27.6 Å². The normalized spacial score (nSPS) is 10.7. The monoisotopic (exact) mass is 459 g/mol. The van der Waals surface area contributed by atoms with Gasteiger partial charge in [-0.25, -0.2) is 4.79 Å². The largest absolute Gasteiger partial charge is 0.493 e. The maximum absolute atomic E-state index is 13.7. The zero-order valence-electron chi connectivity index (χ0n) is 19.7. The van der Waals surface area contributed by atoms with Crippen LogP contribution in [0, 0.1) is 6.92 Å². The molecule has 7 nitrogen and oxygen atoms in total. The molecule has 0 amide bonds. The molecule has 0 aliphatic heterocycles. The average Bonchev–Trinajstić information content (AvgIpc) is 2.87. The lowest BCUT2D eigenvalue weighted by Crippen LogP contribution is -2.27. The summed E-state index contributed by atoms with van der Waals surface area (Å²) in [5.74, 6) is 0.618. The van der Waals surface area contributed by atoms with Gasteiger partial charge in [0.15, 0.2) is 11.5 Å². The number of carbonyl (C=O) groups is 1. The fourth-order valence-corrected chi connectivity index (χ4v) is 4.15. The molecular formula is C27H25NO6. The van der Waals surface area contributed by atoms with Gasteiger partial charge < -0.3 is 18.9 Å². The molecule has 0 saturated carbocycles. The van der Waals surface area contributed by atoms with Crippen molar-refractivity contribution in [2.75, 3.05) is 28.4 Å². The summed E-state index contributed by atoms with van der Waals surface area (Å²) in [6.45, 7) is 1.92. The predicted octanol–water partition coefficient (Wildman–Crippen LogP) is 4.78. The third-order valence-electron chi connectivity index (χ3n) is 5.68. The Morgan fingerprint density at radius 1 is 0.794 bits per heavy atom. The highest BCUT2D eigenvalue weighted by molar-refractivity contribution is 6.07. The number of methoxy groups -OCH3 is 4. The summed E-state index contributed by atoms with van der Waals surface area (Å²) in [4.78, 5) is 27.0.